The van der Waals surface area contributed by atoms with Crippen molar-refractivity contribution in [3.8, 4) is 33.4 Å². The number of anilines is 3. The molecule has 0 heterocycles. The molecule has 0 fully saturated rings. The third kappa shape index (κ3) is 4.60. The van der Waals surface area contributed by atoms with Crippen LogP contribution in [-0.4, -0.2) is 0 Å². The van der Waals surface area contributed by atoms with Crippen LogP contribution in [0.3, 0.4) is 0 Å². The van der Waals surface area contributed by atoms with Gasteiger partial charge in [0.25, 0.3) is 0 Å². The Morgan fingerprint density at radius 1 is 0.327 bits per heavy atom. The Kier molecular flexibility index (Phi) is 6.72. The molecule has 0 aliphatic heterocycles. The number of benzene rings is 9. The summed E-state index contributed by atoms with van der Waals surface area (Å²) in [5.41, 5.74) is 16.6. The fourth-order valence-corrected chi connectivity index (χ4v) is 9.99. The van der Waals surface area contributed by atoms with E-state index in [-0.39, 0.29) is 10.8 Å². The summed E-state index contributed by atoms with van der Waals surface area (Å²) >= 11 is 0. The van der Waals surface area contributed by atoms with Gasteiger partial charge >= 0.3 is 0 Å². The highest BCUT2D eigenvalue weighted by Gasteiger charge is 2.38. The molecule has 0 unspecified atom stereocenters. The van der Waals surface area contributed by atoms with Crippen molar-refractivity contribution in [3.63, 3.8) is 0 Å². The van der Waals surface area contributed by atoms with Crippen LogP contribution in [0.1, 0.15) is 49.9 Å². The molecule has 9 aromatic rings. The fraction of sp³-hybridized carbons (Fsp3) is 0.111. The van der Waals surface area contributed by atoms with Gasteiger partial charge in [0.1, 0.15) is 0 Å². The number of hydrogen-bond donors (Lipinski definition) is 0. The van der Waals surface area contributed by atoms with Crippen molar-refractivity contribution in [1.29, 1.82) is 0 Å². The quantitative estimate of drug-likeness (QED) is 0.165. The first-order valence-electron chi connectivity index (χ1n) is 19.5. The van der Waals surface area contributed by atoms with Crippen LogP contribution in [0.15, 0.2) is 176 Å². The van der Waals surface area contributed by atoms with Crippen molar-refractivity contribution < 1.29 is 0 Å². The van der Waals surface area contributed by atoms with Gasteiger partial charge in [0.05, 0.1) is 5.69 Å². The summed E-state index contributed by atoms with van der Waals surface area (Å²) in [6.07, 6.45) is 0. The number of hydrogen-bond acceptors (Lipinski definition) is 1. The maximum absolute atomic E-state index is 2.52. The molecule has 2 aliphatic carbocycles. The smallest absolute Gasteiger partial charge is 0.0546 e. The van der Waals surface area contributed by atoms with Crippen LogP contribution < -0.4 is 4.90 Å². The van der Waals surface area contributed by atoms with Crippen LogP contribution in [0, 0.1) is 0 Å². The first kappa shape index (κ1) is 32.0. The molecule has 0 N–H and O–H groups in total. The highest BCUT2D eigenvalue weighted by atomic mass is 15.1. The molecule has 0 atom stereocenters. The molecule has 0 bridgehead atoms. The zero-order chi connectivity index (χ0) is 37.1. The number of nitrogens with zero attached hydrogens (tertiary/aromatic N) is 1. The van der Waals surface area contributed by atoms with E-state index in [0.717, 1.165) is 0 Å². The molecule has 1 nitrogen and oxygen atoms in total. The number of rotatable bonds is 4. The van der Waals surface area contributed by atoms with Gasteiger partial charge < -0.3 is 4.90 Å². The van der Waals surface area contributed by atoms with Crippen molar-refractivity contribution in [2.45, 2.75) is 38.5 Å². The van der Waals surface area contributed by atoms with Gasteiger partial charge in [-0.1, -0.05) is 167 Å². The lowest BCUT2D eigenvalue weighted by Gasteiger charge is -2.31. The monoisotopic (exact) mass is 703 g/mol. The maximum atomic E-state index is 2.52. The average molecular weight is 704 g/mol. The summed E-state index contributed by atoms with van der Waals surface area (Å²) in [4.78, 5) is 2.52. The van der Waals surface area contributed by atoms with Gasteiger partial charge in [-0.25, -0.2) is 0 Å². The lowest BCUT2D eigenvalue weighted by Crippen LogP contribution is -2.18. The molecule has 0 amide bonds. The largest absolute Gasteiger partial charge is 0.310 e. The highest BCUT2D eigenvalue weighted by molar-refractivity contribution is 6.14. The van der Waals surface area contributed by atoms with E-state index in [1.54, 1.807) is 0 Å². The molecule has 0 aromatic heterocycles. The van der Waals surface area contributed by atoms with E-state index in [9.17, 15) is 0 Å². The molecule has 0 saturated carbocycles. The van der Waals surface area contributed by atoms with Crippen molar-refractivity contribution >= 4 is 49.4 Å². The molecule has 0 radical (unpaired) electrons. The summed E-state index contributed by atoms with van der Waals surface area (Å²) in [5, 5.41) is 7.59. The SMILES string of the molecule is CC1(C)c2ccccc2-c2ccc(N(c3ccc4c(c3)C(C)(C)c3cc(-c5cccc6ccccc56)ccc3-4)c3cc4ccccc4c4ccccc34)cc21. The second kappa shape index (κ2) is 11.5. The van der Waals surface area contributed by atoms with Gasteiger partial charge in [-0.3, -0.25) is 0 Å². The standard InChI is InChI=1S/C54H41N/c1-53(2)48-23-12-11-20-43(48)45-28-25-37(32-50(45)53)55(52-31-35-15-6-8-18-41(35)42-19-9-10-21-47(42)52)38-26-29-46-44-27-24-36(30-49(44)54(3,4)51(46)33-38)40-22-13-16-34-14-5-7-17-39(34)40/h5-33H,1-4H3. The van der Waals surface area contributed by atoms with Crippen molar-refractivity contribution in [2.75, 3.05) is 4.90 Å². The molecule has 55 heavy (non-hydrogen) atoms. The Hall–Kier alpha value is -6.44. The van der Waals surface area contributed by atoms with Gasteiger partial charge in [0, 0.05) is 27.6 Å². The molecule has 9 aromatic carbocycles. The molecule has 2 aliphatic rings. The molecule has 262 valence electrons. The Labute approximate surface area is 323 Å². The van der Waals surface area contributed by atoms with Crippen LogP contribution in [0.4, 0.5) is 17.1 Å². The lowest BCUT2D eigenvalue weighted by molar-refractivity contribution is 0.660. The van der Waals surface area contributed by atoms with Crippen LogP contribution in [-0.2, 0) is 10.8 Å². The van der Waals surface area contributed by atoms with Gasteiger partial charge in [-0.2, -0.15) is 0 Å². The third-order valence-electron chi connectivity index (χ3n) is 12.8. The first-order valence-corrected chi connectivity index (χ1v) is 19.5. The highest BCUT2D eigenvalue weighted by Crippen LogP contribution is 2.54. The van der Waals surface area contributed by atoms with Crippen LogP contribution in [0.25, 0.3) is 65.7 Å². The third-order valence-corrected chi connectivity index (χ3v) is 12.8. The Morgan fingerprint density at radius 3 is 1.55 bits per heavy atom. The molecule has 0 saturated heterocycles. The van der Waals surface area contributed by atoms with Crippen molar-refractivity contribution in [2.24, 2.45) is 0 Å². The maximum Gasteiger partial charge on any atom is 0.0546 e. The van der Waals surface area contributed by atoms with E-state index < -0.39 is 0 Å². The topological polar surface area (TPSA) is 3.24 Å². The van der Waals surface area contributed by atoms with E-state index in [1.807, 2.05) is 0 Å². The summed E-state index contributed by atoms with van der Waals surface area (Å²) in [6.45, 7) is 9.55. The van der Waals surface area contributed by atoms with E-state index in [2.05, 4.69) is 209 Å². The normalized spacial score (nSPS) is 14.5. The van der Waals surface area contributed by atoms with Gasteiger partial charge in [0.2, 0.25) is 0 Å². The fourth-order valence-electron chi connectivity index (χ4n) is 9.99. The molecular weight excluding hydrogens is 663 g/mol. The van der Waals surface area contributed by atoms with Gasteiger partial charge in [0.15, 0.2) is 0 Å². The summed E-state index contributed by atoms with van der Waals surface area (Å²) < 4.78 is 0. The minimum Gasteiger partial charge on any atom is -0.310 e. The second-order valence-electron chi connectivity index (χ2n) is 16.5. The van der Waals surface area contributed by atoms with Crippen LogP contribution >= 0.6 is 0 Å². The second-order valence-corrected chi connectivity index (χ2v) is 16.5. The summed E-state index contributed by atoms with van der Waals surface area (Å²) in [5.74, 6) is 0. The van der Waals surface area contributed by atoms with E-state index in [4.69, 9.17) is 0 Å². The minimum absolute atomic E-state index is 0.109. The molecule has 1 heteroatoms. The summed E-state index contributed by atoms with van der Waals surface area (Å²) in [6, 6.07) is 65.9. The molecule has 0 spiro atoms. The Morgan fingerprint density at radius 2 is 0.818 bits per heavy atom. The molecular formula is C54H41N. The van der Waals surface area contributed by atoms with Crippen molar-refractivity contribution in [3.05, 3.63) is 198 Å². The predicted molar refractivity (Wildman–Crippen MR) is 234 cm³/mol. The Bertz CT molecular complexity index is 3050. The van der Waals surface area contributed by atoms with Crippen LogP contribution in [0.5, 0.6) is 0 Å². The number of fused-ring (bicyclic) bond motifs is 10. The van der Waals surface area contributed by atoms with Crippen molar-refractivity contribution in [1.82, 2.24) is 0 Å². The predicted octanol–water partition coefficient (Wildman–Crippen LogP) is 14.9. The first-order chi connectivity index (χ1) is 26.8. The van der Waals surface area contributed by atoms with Gasteiger partial charge in [-0.05, 0) is 119 Å². The van der Waals surface area contributed by atoms with E-state index in [1.165, 1.54) is 105 Å². The summed E-state index contributed by atoms with van der Waals surface area (Å²) in [7, 11) is 0. The minimum atomic E-state index is -0.194. The lowest BCUT2D eigenvalue weighted by atomic mass is 9.81. The molecule has 11 rings (SSSR count). The zero-order valence-electron chi connectivity index (χ0n) is 31.7. The van der Waals surface area contributed by atoms with E-state index in [0.29, 0.717) is 0 Å². The van der Waals surface area contributed by atoms with Gasteiger partial charge in [-0.15, -0.1) is 0 Å². The zero-order valence-corrected chi connectivity index (χ0v) is 31.7. The van der Waals surface area contributed by atoms with E-state index >= 15 is 0 Å². The van der Waals surface area contributed by atoms with Crippen LogP contribution in [0.2, 0.25) is 0 Å². The Balaban J connectivity index is 1.11. The average Bonchev–Trinajstić information content (AvgIpc) is 3.59.